The van der Waals surface area contributed by atoms with Gasteiger partial charge in [0.25, 0.3) is 5.91 Å². The van der Waals surface area contributed by atoms with E-state index in [1.165, 1.54) is 6.33 Å². The minimum Gasteiger partial charge on any atom is -0.471 e. The minimum absolute atomic E-state index is 0.178. The lowest BCUT2D eigenvalue weighted by atomic mass is 10.2. The van der Waals surface area contributed by atoms with Crippen molar-refractivity contribution in [2.75, 3.05) is 13.1 Å². The normalized spacial score (nSPS) is 16.2. The van der Waals surface area contributed by atoms with E-state index in [1.807, 2.05) is 29.4 Å². The summed E-state index contributed by atoms with van der Waals surface area (Å²) in [5.41, 5.74) is 3.97. The Bertz CT molecular complexity index is 1300. The summed E-state index contributed by atoms with van der Waals surface area (Å²) in [4.78, 5) is 27.9. The van der Waals surface area contributed by atoms with Crippen molar-refractivity contribution in [3.05, 3.63) is 35.7 Å². The lowest BCUT2D eigenvalue weighted by Crippen LogP contribution is -2.31. The van der Waals surface area contributed by atoms with Crippen LogP contribution in [0.5, 0.6) is 5.88 Å². The van der Waals surface area contributed by atoms with E-state index in [2.05, 4.69) is 27.1 Å². The van der Waals surface area contributed by atoms with Crippen molar-refractivity contribution in [1.82, 2.24) is 39.4 Å². The van der Waals surface area contributed by atoms with Gasteiger partial charge in [0.1, 0.15) is 18.3 Å². The largest absolute Gasteiger partial charge is 0.471 e. The van der Waals surface area contributed by atoms with E-state index in [0.29, 0.717) is 36.6 Å². The Hall–Kier alpha value is -3.76. The third-order valence-electron chi connectivity index (χ3n) is 5.92. The molecule has 4 aromatic rings. The second-order valence-electron chi connectivity index (χ2n) is 7.92. The number of likely N-dealkylation sites (tertiary alicyclic amines) is 1. The lowest BCUT2D eigenvalue weighted by Gasteiger charge is -2.15. The number of aryl methyl sites for hydroxylation is 3. The SMILES string of the molecule is CCn1ncc(-c2nc3c(OC4CCN(C(=O)c5oncc5C)C4)ncnc3n2C)c1C. The van der Waals surface area contributed by atoms with Gasteiger partial charge >= 0.3 is 0 Å². The number of fused-ring (bicyclic) bond motifs is 1. The zero-order chi connectivity index (χ0) is 22.4. The zero-order valence-corrected chi connectivity index (χ0v) is 18.4. The Balaban J connectivity index is 1.40. The maximum atomic E-state index is 12.7. The van der Waals surface area contributed by atoms with E-state index in [1.54, 1.807) is 18.0 Å². The quantitative estimate of drug-likeness (QED) is 0.467. The number of imidazole rings is 1. The van der Waals surface area contributed by atoms with Crippen LogP contribution < -0.4 is 4.74 Å². The van der Waals surface area contributed by atoms with Gasteiger partial charge in [0.2, 0.25) is 11.6 Å². The van der Waals surface area contributed by atoms with Crippen molar-refractivity contribution in [3.8, 4) is 17.3 Å². The van der Waals surface area contributed by atoms with Gasteiger partial charge in [-0.2, -0.15) is 10.1 Å². The standard InChI is InChI=1S/C21H24N8O3/c1-5-29-13(3)15(9-24-29)18-26-16-19(27(18)4)22-11-23-20(16)31-14-6-7-28(10-14)21(30)17-12(2)8-25-32-17/h8-9,11,14H,5-7,10H2,1-4H3. The molecule has 1 aliphatic rings. The summed E-state index contributed by atoms with van der Waals surface area (Å²) in [6.45, 7) is 7.67. The average molecular weight is 436 g/mol. The summed E-state index contributed by atoms with van der Waals surface area (Å²) in [6.07, 6.45) is 5.32. The van der Waals surface area contributed by atoms with Gasteiger partial charge in [0.05, 0.1) is 24.5 Å². The van der Waals surface area contributed by atoms with Gasteiger partial charge in [-0.05, 0) is 20.8 Å². The molecule has 4 aromatic heterocycles. The summed E-state index contributed by atoms with van der Waals surface area (Å²) in [5.74, 6) is 1.26. The molecule has 0 saturated carbocycles. The molecule has 1 fully saturated rings. The predicted octanol–water partition coefficient (Wildman–Crippen LogP) is 2.15. The zero-order valence-electron chi connectivity index (χ0n) is 18.4. The van der Waals surface area contributed by atoms with Crippen LogP contribution >= 0.6 is 0 Å². The van der Waals surface area contributed by atoms with Crippen LogP contribution in [0.1, 0.15) is 35.2 Å². The molecule has 0 aromatic carbocycles. The summed E-state index contributed by atoms with van der Waals surface area (Å²) in [7, 11) is 1.92. The van der Waals surface area contributed by atoms with Crippen LogP contribution in [-0.4, -0.2) is 64.5 Å². The highest BCUT2D eigenvalue weighted by molar-refractivity contribution is 5.92. The maximum Gasteiger partial charge on any atom is 0.292 e. The minimum atomic E-state index is -0.199. The van der Waals surface area contributed by atoms with Crippen LogP contribution in [0.15, 0.2) is 23.2 Å². The van der Waals surface area contributed by atoms with Gasteiger partial charge in [0.15, 0.2) is 11.2 Å². The van der Waals surface area contributed by atoms with E-state index in [0.717, 1.165) is 29.2 Å². The molecule has 1 unspecified atom stereocenters. The first-order chi connectivity index (χ1) is 15.5. The van der Waals surface area contributed by atoms with E-state index in [-0.39, 0.29) is 17.8 Å². The van der Waals surface area contributed by atoms with E-state index >= 15 is 0 Å². The number of amides is 1. The number of carbonyl (C=O) groups is 1. The molecule has 0 aliphatic carbocycles. The number of hydrogen-bond acceptors (Lipinski definition) is 8. The Labute approximate surface area is 184 Å². The first-order valence-corrected chi connectivity index (χ1v) is 10.5. The molecule has 1 amide bonds. The van der Waals surface area contributed by atoms with Crippen LogP contribution in [0.3, 0.4) is 0 Å². The third-order valence-corrected chi connectivity index (χ3v) is 5.92. The van der Waals surface area contributed by atoms with E-state index < -0.39 is 0 Å². The Morgan fingerprint density at radius 2 is 2.12 bits per heavy atom. The molecule has 1 saturated heterocycles. The van der Waals surface area contributed by atoms with Crippen molar-refractivity contribution < 1.29 is 14.1 Å². The molecule has 0 bridgehead atoms. The van der Waals surface area contributed by atoms with Crippen molar-refractivity contribution in [2.24, 2.45) is 7.05 Å². The Morgan fingerprint density at radius 3 is 2.84 bits per heavy atom. The topological polar surface area (TPSA) is 117 Å². The highest BCUT2D eigenvalue weighted by Crippen LogP contribution is 2.30. The van der Waals surface area contributed by atoms with Crippen molar-refractivity contribution in [2.45, 2.75) is 39.8 Å². The molecular weight excluding hydrogens is 412 g/mol. The van der Waals surface area contributed by atoms with Gasteiger partial charge in [-0.25, -0.2) is 9.97 Å². The molecule has 0 spiro atoms. The van der Waals surface area contributed by atoms with Crippen LogP contribution in [0.4, 0.5) is 0 Å². The Morgan fingerprint density at radius 1 is 1.28 bits per heavy atom. The molecular formula is C21H24N8O3. The molecule has 5 heterocycles. The second-order valence-corrected chi connectivity index (χ2v) is 7.92. The van der Waals surface area contributed by atoms with Gasteiger partial charge < -0.3 is 18.7 Å². The predicted molar refractivity (Wildman–Crippen MR) is 114 cm³/mol. The van der Waals surface area contributed by atoms with Crippen molar-refractivity contribution in [1.29, 1.82) is 0 Å². The lowest BCUT2D eigenvalue weighted by molar-refractivity contribution is 0.0729. The molecule has 11 nitrogen and oxygen atoms in total. The molecule has 5 rings (SSSR count). The fourth-order valence-electron chi connectivity index (χ4n) is 4.10. The number of nitrogens with zero attached hydrogens (tertiary/aromatic N) is 8. The van der Waals surface area contributed by atoms with Crippen LogP contribution in [-0.2, 0) is 13.6 Å². The first-order valence-electron chi connectivity index (χ1n) is 10.5. The Kier molecular flexibility index (Phi) is 4.87. The average Bonchev–Trinajstić information content (AvgIpc) is 3.56. The highest BCUT2D eigenvalue weighted by Gasteiger charge is 2.32. The fourth-order valence-corrected chi connectivity index (χ4v) is 4.10. The molecule has 0 N–H and O–H groups in total. The number of carbonyl (C=O) groups excluding carboxylic acids is 1. The van der Waals surface area contributed by atoms with Crippen LogP contribution in [0, 0.1) is 13.8 Å². The van der Waals surface area contributed by atoms with Crippen LogP contribution in [0.2, 0.25) is 0 Å². The third kappa shape index (κ3) is 3.20. The summed E-state index contributed by atoms with van der Waals surface area (Å²) in [6, 6.07) is 0. The first kappa shape index (κ1) is 20.2. The molecule has 1 aliphatic heterocycles. The molecule has 32 heavy (non-hydrogen) atoms. The van der Waals surface area contributed by atoms with E-state index in [4.69, 9.17) is 14.2 Å². The summed E-state index contributed by atoms with van der Waals surface area (Å²) < 4.78 is 15.1. The molecule has 166 valence electrons. The van der Waals surface area contributed by atoms with Crippen LogP contribution in [0.25, 0.3) is 22.6 Å². The van der Waals surface area contributed by atoms with Crippen molar-refractivity contribution >= 4 is 17.1 Å². The highest BCUT2D eigenvalue weighted by atomic mass is 16.5. The monoisotopic (exact) mass is 436 g/mol. The summed E-state index contributed by atoms with van der Waals surface area (Å²) in [5, 5.41) is 8.12. The van der Waals surface area contributed by atoms with Crippen molar-refractivity contribution in [3.63, 3.8) is 0 Å². The number of ether oxygens (including phenoxy) is 1. The molecule has 11 heteroatoms. The number of rotatable bonds is 5. The molecule has 1 atom stereocenters. The number of aromatic nitrogens is 7. The summed E-state index contributed by atoms with van der Waals surface area (Å²) >= 11 is 0. The molecule has 0 radical (unpaired) electrons. The fraction of sp³-hybridized carbons (Fsp3) is 0.429. The van der Waals surface area contributed by atoms with Gasteiger partial charge in [-0.15, -0.1) is 0 Å². The second kappa shape index (κ2) is 7.74. The van der Waals surface area contributed by atoms with E-state index in [9.17, 15) is 4.79 Å². The van der Waals surface area contributed by atoms with Gasteiger partial charge in [-0.3, -0.25) is 9.48 Å². The van der Waals surface area contributed by atoms with Gasteiger partial charge in [0, 0.05) is 37.8 Å². The smallest absolute Gasteiger partial charge is 0.292 e. The maximum absolute atomic E-state index is 12.7. The van der Waals surface area contributed by atoms with Gasteiger partial charge in [-0.1, -0.05) is 5.16 Å². The number of hydrogen-bond donors (Lipinski definition) is 0.